The number of nitrogens with zero attached hydrogens (tertiary/aromatic N) is 1. The Morgan fingerprint density at radius 1 is 0.870 bits per heavy atom. The Morgan fingerprint density at radius 2 is 1.56 bits per heavy atom. The molecule has 4 aromatic rings. The van der Waals surface area contributed by atoms with Crippen molar-refractivity contribution in [3.8, 4) is 11.5 Å². The Kier molecular flexibility index (Phi) is 8.86. The zero-order valence-electron chi connectivity index (χ0n) is 28.0. The van der Waals surface area contributed by atoms with E-state index in [-0.39, 0.29) is 57.4 Å². The van der Waals surface area contributed by atoms with Crippen LogP contribution >= 0.6 is 23.1 Å². The monoisotopic (exact) mass is 789 g/mol. The highest BCUT2D eigenvalue weighted by molar-refractivity contribution is 8.00. The van der Waals surface area contributed by atoms with Gasteiger partial charge in [-0.2, -0.15) is 26.3 Å². The van der Waals surface area contributed by atoms with E-state index in [0.717, 1.165) is 50.9 Å². The summed E-state index contributed by atoms with van der Waals surface area (Å²) in [5.41, 5.74) is -1.34. The second-order valence-electron chi connectivity index (χ2n) is 13.6. The lowest BCUT2D eigenvalue weighted by Crippen LogP contribution is -2.42. The van der Waals surface area contributed by atoms with Crippen molar-refractivity contribution < 1.29 is 50.2 Å². The van der Waals surface area contributed by atoms with Gasteiger partial charge in [-0.05, 0) is 85.2 Å². The van der Waals surface area contributed by atoms with Crippen molar-refractivity contribution in [1.82, 2.24) is 4.98 Å². The minimum Gasteiger partial charge on any atom is -0.490 e. The number of fused-ring (bicyclic) bond motifs is 9. The van der Waals surface area contributed by atoms with E-state index in [2.05, 4.69) is 10.3 Å². The van der Waals surface area contributed by atoms with Crippen molar-refractivity contribution in [3.63, 3.8) is 0 Å². The molecular formula is C37H29F6N3O6S2. The molecule has 2 aliphatic heterocycles. The van der Waals surface area contributed by atoms with Crippen LogP contribution in [0.25, 0.3) is 0 Å². The number of ether oxygens (including phenoxy) is 2. The SMILES string of the molecule is CCOc1cc([C@H]2c3sc(=O)[nH]c3SC3C2[C@H]2C[C@@H]3C3C(=O)N(c4cccc(C(F)(F)F)c4)C(=O)C32)ccc1OCC(=O)Nc1cccc(C(F)(F)F)c1. The maximum atomic E-state index is 14.0. The van der Waals surface area contributed by atoms with E-state index >= 15 is 0 Å². The molecule has 4 aliphatic rings. The van der Waals surface area contributed by atoms with Gasteiger partial charge in [0.05, 0.1) is 40.3 Å². The number of amides is 3. The van der Waals surface area contributed by atoms with Gasteiger partial charge in [0.2, 0.25) is 11.8 Å². The summed E-state index contributed by atoms with van der Waals surface area (Å²) in [6, 6.07) is 13.5. The number of aromatic nitrogens is 1. The number of benzene rings is 3. The lowest BCUT2D eigenvalue weighted by atomic mass is 9.68. The van der Waals surface area contributed by atoms with E-state index < -0.39 is 65.6 Å². The molecule has 2 saturated carbocycles. The Morgan fingerprint density at radius 3 is 2.26 bits per heavy atom. The van der Waals surface area contributed by atoms with Crippen LogP contribution in [0.3, 0.4) is 0 Å². The molecule has 3 amide bonds. The molecule has 1 aromatic heterocycles. The number of aromatic amines is 1. The van der Waals surface area contributed by atoms with Crippen LogP contribution in [0.4, 0.5) is 37.7 Å². The second-order valence-corrected chi connectivity index (χ2v) is 15.8. The third kappa shape index (κ3) is 6.14. The lowest BCUT2D eigenvalue weighted by Gasteiger charge is -2.43. The molecule has 9 nitrogen and oxygen atoms in total. The Bertz CT molecular complexity index is 2240. The largest absolute Gasteiger partial charge is 0.490 e. The van der Waals surface area contributed by atoms with E-state index in [0.29, 0.717) is 11.4 Å². The Hall–Kier alpha value is -4.77. The Balaban J connectivity index is 1.08. The first kappa shape index (κ1) is 36.2. The second kappa shape index (κ2) is 13.2. The van der Waals surface area contributed by atoms with E-state index in [9.17, 15) is 45.5 Å². The van der Waals surface area contributed by atoms with Gasteiger partial charge >= 0.3 is 17.2 Å². The first-order chi connectivity index (χ1) is 25.6. The highest BCUT2D eigenvalue weighted by atomic mass is 32.2. The van der Waals surface area contributed by atoms with Gasteiger partial charge in [-0.15, -0.1) is 11.8 Å². The molecule has 8 rings (SSSR count). The molecule has 1 saturated heterocycles. The predicted octanol–water partition coefficient (Wildman–Crippen LogP) is 7.57. The molecule has 0 spiro atoms. The predicted molar refractivity (Wildman–Crippen MR) is 186 cm³/mol. The lowest BCUT2D eigenvalue weighted by molar-refractivity contribution is -0.138. The molecule has 54 heavy (non-hydrogen) atoms. The fourth-order valence-corrected chi connectivity index (χ4v) is 11.6. The Labute approximate surface area is 311 Å². The summed E-state index contributed by atoms with van der Waals surface area (Å²) >= 11 is 2.50. The molecule has 3 heterocycles. The minimum atomic E-state index is -4.66. The fourth-order valence-electron chi connectivity index (χ4n) is 8.69. The summed E-state index contributed by atoms with van der Waals surface area (Å²) in [4.78, 5) is 57.6. The minimum absolute atomic E-state index is 0.0571. The number of halogens is 6. The maximum Gasteiger partial charge on any atom is 0.416 e. The number of thiazole rings is 1. The molecule has 2 N–H and O–H groups in total. The number of nitrogens with one attached hydrogen (secondary N) is 2. The van der Waals surface area contributed by atoms with Crippen molar-refractivity contribution in [3.05, 3.63) is 98.0 Å². The number of imide groups is 1. The van der Waals surface area contributed by atoms with Gasteiger partial charge in [-0.3, -0.25) is 24.1 Å². The van der Waals surface area contributed by atoms with Crippen LogP contribution in [-0.2, 0) is 26.7 Å². The molecule has 282 valence electrons. The van der Waals surface area contributed by atoms with E-state index in [4.69, 9.17) is 9.47 Å². The molecule has 3 aromatic carbocycles. The number of alkyl halides is 6. The summed E-state index contributed by atoms with van der Waals surface area (Å²) in [5, 5.41) is 2.86. The average molecular weight is 790 g/mol. The summed E-state index contributed by atoms with van der Waals surface area (Å²) < 4.78 is 91.8. The molecule has 0 radical (unpaired) electrons. The molecule has 2 aliphatic carbocycles. The highest BCUT2D eigenvalue weighted by Crippen LogP contribution is 2.69. The van der Waals surface area contributed by atoms with Crippen LogP contribution < -0.4 is 24.6 Å². The molecule has 2 bridgehead atoms. The van der Waals surface area contributed by atoms with Crippen LogP contribution in [-0.4, -0.2) is 41.2 Å². The van der Waals surface area contributed by atoms with E-state index in [1.807, 2.05) is 0 Å². The number of carbonyl (C=O) groups excluding carboxylic acids is 3. The summed E-state index contributed by atoms with van der Waals surface area (Å²) in [6.07, 6.45) is -8.69. The first-order valence-electron chi connectivity index (χ1n) is 17.0. The zero-order chi connectivity index (χ0) is 38.3. The smallest absolute Gasteiger partial charge is 0.416 e. The molecular weight excluding hydrogens is 761 g/mol. The molecule has 17 heteroatoms. The number of rotatable bonds is 8. The fraction of sp³-hybridized carbons (Fsp3) is 0.351. The molecule has 4 unspecified atom stereocenters. The molecule has 3 fully saturated rings. The third-order valence-corrected chi connectivity index (χ3v) is 13.2. The van der Waals surface area contributed by atoms with Gasteiger partial charge in [0.15, 0.2) is 18.1 Å². The third-order valence-electron chi connectivity index (χ3n) is 10.6. The first-order valence-corrected chi connectivity index (χ1v) is 18.6. The maximum absolute atomic E-state index is 14.0. The van der Waals surface area contributed by atoms with Crippen LogP contribution in [0.2, 0.25) is 0 Å². The van der Waals surface area contributed by atoms with E-state index in [1.54, 1.807) is 25.1 Å². The topological polar surface area (TPSA) is 118 Å². The number of hydrogen-bond acceptors (Lipinski definition) is 8. The van der Waals surface area contributed by atoms with Crippen LogP contribution in [0, 0.1) is 29.6 Å². The van der Waals surface area contributed by atoms with Crippen LogP contribution in [0.1, 0.15) is 40.8 Å². The number of H-pyrrole nitrogens is 1. The van der Waals surface area contributed by atoms with Gasteiger partial charge in [0, 0.05) is 21.7 Å². The standard InChI is InChI=1S/C37H29F6N3O6S2/c1-2-51-24-11-16(9-10-23(24)52-15-25(47)44-19-7-3-5-17(12-19)36(38,39)40)26-27-21-14-22(30(27)53-32-31(26)54-35(50)45-32)29-28(21)33(48)46(34(29)49)20-8-4-6-18(13-20)37(41,42)43/h3-13,21-22,26-30H,2,14-15H2,1H3,(H,44,47)(H,45,50)/t21-,22-,26-,27?,28?,29?,30?/m1/s1. The number of thioether (sulfide) groups is 1. The van der Waals surface area contributed by atoms with Gasteiger partial charge < -0.3 is 19.8 Å². The van der Waals surface area contributed by atoms with Gasteiger partial charge in [0.1, 0.15) is 0 Å². The van der Waals surface area contributed by atoms with Crippen molar-refractivity contribution in [2.45, 2.75) is 41.9 Å². The van der Waals surface area contributed by atoms with Gasteiger partial charge in [0.25, 0.3) is 5.91 Å². The van der Waals surface area contributed by atoms with Crippen LogP contribution in [0.15, 0.2) is 76.6 Å². The summed E-state index contributed by atoms with van der Waals surface area (Å²) in [5.74, 6) is -4.00. The van der Waals surface area contributed by atoms with Gasteiger partial charge in [-0.25, -0.2) is 0 Å². The zero-order valence-corrected chi connectivity index (χ0v) is 29.6. The average Bonchev–Trinajstić information content (AvgIpc) is 3.86. The number of hydrogen-bond donors (Lipinski definition) is 2. The van der Waals surface area contributed by atoms with Crippen molar-refractivity contribution in [2.75, 3.05) is 23.4 Å². The summed E-state index contributed by atoms with van der Waals surface area (Å²) in [7, 11) is 0. The van der Waals surface area contributed by atoms with Crippen LogP contribution in [0.5, 0.6) is 11.5 Å². The summed E-state index contributed by atoms with van der Waals surface area (Å²) in [6.45, 7) is 1.41. The normalized spacial score (nSPS) is 25.7. The molecule has 7 atom stereocenters. The van der Waals surface area contributed by atoms with Gasteiger partial charge in [-0.1, -0.05) is 29.5 Å². The quantitative estimate of drug-likeness (QED) is 0.140. The number of carbonyl (C=O) groups is 3. The number of anilines is 2. The van der Waals surface area contributed by atoms with Crippen molar-refractivity contribution in [2.24, 2.45) is 29.6 Å². The van der Waals surface area contributed by atoms with E-state index in [1.165, 1.54) is 36.0 Å². The van der Waals surface area contributed by atoms with Crippen molar-refractivity contribution in [1.29, 1.82) is 0 Å². The highest BCUT2D eigenvalue weighted by Gasteiger charge is 2.69. The van der Waals surface area contributed by atoms with Crippen molar-refractivity contribution >= 4 is 52.2 Å².